The molecule has 82 valence electrons. The number of aromatic carboxylic acids is 1. The molecule has 0 heterocycles. The monoisotopic (exact) mass is 214 g/mol. The molecule has 0 aromatic heterocycles. The van der Waals surface area contributed by atoms with Crippen molar-refractivity contribution in [3.8, 4) is 5.75 Å². The number of carboxylic acids is 1. The van der Waals surface area contributed by atoms with E-state index >= 15 is 0 Å². The molecule has 0 amide bonds. The van der Waals surface area contributed by atoms with Crippen molar-refractivity contribution in [1.82, 2.24) is 0 Å². The molecule has 0 saturated heterocycles. The number of hydrogen-bond donors (Lipinski definition) is 4. The zero-order valence-corrected chi connectivity index (χ0v) is 7.77. The fourth-order valence-electron chi connectivity index (χ4n) is 1.15. The van der Waals surface area contributed by atoms with Crippen LogP contribution in [-0.4, -0.2) is 22.7 Å². The lowest BCUT2D eigenvalue weighted by Crippen LogP contribution is -2.21. The van der Waals surface area contributed by atoms with Crippen molar-refractivity contribution in [2.45, 2.75) is 6.04 Å². The van der Waals surface area contributed by atoms with E-state index in [-0.39, 0.29) is 17.7 Å². The van der Waals surface area contributed by atoms with Gasteiger partial charge in [-0.3, -0.25) is 0 Å². The SMILES string of the molecule is NC[C@H](N)c1cc(C(=O)O)cc(F)c1O. The van der Waals surface area contributed by atoms with Crippen LogP contribution in [0.4, 0.5) is 4.39 Å². The van der Waals surface area contributed by atoms with Gasteiger partial charge in [-0.15, -0.1) is 0 Å². The van der Waals surface area contributed by atoms with E-state index in [2.05, 4.69) is 0 Å². The van der Waals surface area contributed by atoms with Crippen LogP contribution in [0.15, 0.2) is 12.1 Å². The Morgan fingerprint density at radius 1 is 1.53 bits per heavy atom. The molecule has 1 aromatic carbocycles. The molecule has 15 heavy (non-hydrogen) atoms. The average molecular weight is 214 g/mol. The summed E-state index contributed by atoms with van der Waals surface area (Å²) in [5, 5.41) is 18.0. The molecule has 0 fully saturated rings. The number of hydrogen-bond acceptors (Lipinski definition) is 4. The number of nitrogens with two attached hydrogens (primary N) is 2. The minimum atomic E-state index is -1.29. The molecule has 1 rings (SSSR count). The molecule has 0 aliphatic heterocycles. The lowest BCUT2D eigenvalue weighted by Gasteiger charge is -2.12. The molecule has 0 radical (unpaired) electrons. The van der Waals surface area contributed by atoms with Gasteiger partial charge >= 0.3 is 5.97 Å². The van der Waals surface area contributed by atoms with Crippen molar-refractivity contribution in [2.24, 2.45) is 11.5 Å². The molecule has 1 aromatic rings. The van der Waals surface area contributed by atoms with Crippen molar-refractivity contribution in [1.29, 1.82) is 0 Å². The Bertz CT molecular complexity index is 395. The summed E-state index contributed by atoms with van der Waals surface area (Å²) < 4.78 is 13.1. The summed E-state index contributed by atoms with van der Waals surface area (Å²) in [6.07, 6.45) is 0. The van der Waals surface area contributed by atoms with Gasteiger partial charge in [-0.25, -0.2) is 9.18 Å². The zero-order valence-electron chi connectivity index (χ0n) is 7.77. The highest BCUT2D eigenvalue weighted by atomic mass is 19.1. The maximum atomic E-state index is 13.1. The van der Waals surface area contributed by atoms with Crippen LogP contribution >= 0.6 is 0 Å². The summed E-state index contributed by atoms with van der Waals surface area (Å²) >= 11 is 0. The summed E-state index contributed by atoms with van der Waals surface area (Å²) in [4.78, 5) is 10.6. The van der Waals surface area contributed by atoms with E-state index in [4.69, 9.17) is 16.6 Å². The molecule has 6 heteroatoms. The zero-order chi connectivity index (χ0) is 11.6. The van der Waals surface area contributed by atoms with Gasteiger partial charge in [0.2, 0.25) is 0 Å². The van der Waals surface area contributed by atoms with Crippen LogP contribution < -0.4 is 11.5 Å². The Morgan fingerprint density at radius 2 is 2.13 bits per heavy atom. The van der Waals surface area contributed by atoms with Gasteiger partial charge < -0.3 is 21.7 Å². The van der Waals surface area contributed by atoms with Crippen molar-refractivity contribution in [2.75, 3.05) is 6.54 Å². The van der Waals surface area contributed by atoms with Gasteiger partial charge in [0, 0.05) is 18.2 Å². The predicted octanol–water partition coefficient (Wildman–Crippen LogP) is 0.188. The van der Waals surface area contributed by atoms with Crippen LogP contribution in [-0.2, 0) is 0 Å². The third-order valence-electron chi connectivity index (χ3n) is 1.99. The molecule has 0 unspecified atom stereocenters. The quantitative estimate of drug-likeness (QED) is 0.574. The standard InChI is InChI=1S/C9H11FN2O3/c10-6-2-4(9(14)15)1-5(8(6)13)7(12)3-11/h1-2,7,13H,3,11-12H2,(H,14,15)/t7-/m0/s1. The van der Waals surface area contributed by atoms with Gasteiger partial charge in [0.05, 0.1) is 5.56 Å². The number of benzene rings is 1. The van der Waals surface area contributed by atoms with Crippen molar-refractivity contribution in [3.05, 3.63) is 29.1 Å². The van der Waals surface area contributed by atoms with E-state index in [1.165, 1.54) is 0 Å². The maximum Gasteiger partial charge on any atom is 0.335 e. The second-order valence-electron chi connectivity index (χ2n) is 3.04. The maximum absolute atomic E-state index is 13.1. The first-order valence-electron chi connectivity index (χ1n) is 4.18. The summed E-state index contributed by atoms with van der Waals surface area (Å²) in [5.41, 5.74) is 10.5. The number of carbonyl (C=O) groups is 1. The Morgan fingerprint density at radius 3 is 2.60 bits per heavy atom. The highest BCUT2D eigenvalue weighted by molar-refractivity contribution is 5.88. The Labute approximate surface area is 85.1 Å². The highest BCUT2D eigenvalue weighted by Gasteiger charge is 2.17. The third-order valence-corrected chi connectivity index (χ3v) is 1.99. The van der Waals surface area contributed by atoms with E-state index in [0.29, 0.717) is 0 Å². The van der Waals surface area contributed by atoms with E-state index < -0.39 is 23.6 Å². The number of halogens is 1. The highest BCUT2D eigenvalue weighted by Crippen LogP contribution is 2.27. The minimum Gasteiger partial charge on any atom is -0.505 e. The lowest BCUT2D eigenvalue weighted by molar-refractivity contribution is 0.0696. The van der Waals surface area contributed by atoms with Gasteiger partial charge in [-0.05, 0) is 12.1 Å². The molecular weight excluding hydrogens is 203 g/mol. The number of aromatic hydroxyl groups is 1. The minimum absolute atomic E-state index is 0.00472. The third kappa shape index (κ3) is 2.23. The molecule has 0 saturated carbocycles. The Kier molecular flexibility index (Phi) is 3.23. The number of carboxylic acid groups (broad SMARTS) is 1. The van der Waals surface area contributed by atoms with Crippen molar-refractivity contribution >= 4 is 5.97 Å². The first-order chi connectivity index (χ1) is 6.97. The fourth-order valence-corrected chi connectivity index (χ4v) is 1.15. The topological polar surface area (TPSA) is 110 Å². The normalized spacial score (nSPS) is 12.5. The molecule has 5 nitrogen and oxygen atoms in total. The van der Waals surface area contributed by atoms with Gasteiger partial charge in [0.1, 0.15) is 0 Å². The van der Waals surface area contributed by atoms with Gasteiger partial charge in [0.25, 0.3) is 0 Å². The van der Waals surface area contributed by atoms with Gasteiger partial charge in [-0.2, -0.15) is 0 Å². The number of rotatable bonds is 3. The molecule has 6 N–H and O–H groups in total. The Hall–Kier alpha value is -1.66. The van der Waals surface area contributed by atoms with E-state index in [1.807, 2.05) is 0 Å². The molecule has 0 bridgehead atoms. The lowest BCUT2D eigenvalue weighted by atomic mass is 10.0. The molecule has 0 aliphatic carbocycles. The summed E-state index contributed by atoms with van der Waals surface area (Å²) in [6, 6.07) is 1.04. The number of phenolic OH excluding ortho intramolecular Hbond substituents is 1. The summed E-state index contributed by atoms with van der Waals surface area (Å²) in [7, 11) is 0. The van der Waals surface area contributed by atoms with Crippen LogP contribution in [0.5, 0.6) is 5.75 Å². The largest absolute Gasteiger partial charge is 0.505 e. The summed E-state index contributed by atoms with van der Waals surface area (Å²) in [5.74, 6) is -2.97. The predicted molar refractivity (Wildman–Crippen MR) is 51.0 cm³/mol. The Balaban J connectivity index is 3.31. The molecular formula is C9H11FN2O3. The fraction of sp³-hybridized carbons (Fsp3) is 0.222. The van der Waals surface area contributed by atoms with Crippen LogP contribution in [0.1, 0.15) is 22.0 Å². The van der Waals surface area contributed by atoms with E-state index in [0.717, 1.165) is 12.1 Å². The molecule has 1 atom stereocenters. The first kappa shape index (κ1) is 11.4. The van der Waals surface area contributed by atoms with Gasteiger partial charge in [-0.1, -0.05) is 0 Å². The average Bonchev–Trinajstić information content (AvgIpc) is 2.20. The van der Waals surface area contributed by atoms with Crippen LogP contribution in [0.3, 0.4) is 0 Å². The molecule has 0 aliphatic rings. The van der Waals surface area contributed by atoms with Crippen LogP contribution in [0.2, 0.25) is 0 Å². The van der Waals surface area contributed by atoms with E-state index in [1.54, 1.807) is 0 Å². The second kappa shape index (κ2) is 4.24. The van der Waals surface area contributed by atoms with Gasteiger partial charge in [0.15, 0.2) is 11.6 Å². The van der Waals surface area contributed by atoms with E-state index in [9.17, 15) is 14.3 Å². The first-order valence-corrected chi connectivity index (χ1v) is 4.18. The second-order valence-corrected chi connectivity index (χ2v) is 3.04. The number of phenols is 1. The molecule has 0 spiro atoms. The van der Waals surface area contributed by atoms with Crippen LogP contribution in [0, 0.1) is 5.82 Å². The van der Waals surface area contributed by atoms with Crippen LogP contribution in [0.25, 0.3) is 0 Å². The van der Waals surface area contributed by atoms with Crippen molar-refractivity contribution < 1.29 is 19.4 Å². The smallest absolute Gasteiger partial charge is 0.335 e. The van der Waals surface area contributed by atoms with Crippen molar-refractivity contribution in [3.63, 3.8) is 0 Å². The summed E-state index contributed by atoms with van der Waals surface area (Å²) in [6.45, 7) is -0.0178.